The van der Waals surface area contributed by atoms with Crippen LogP contribution < -0.4 is 4.90 Å². The van der Waals surface area contributed by atoms with E-state index in [1.54, 1.807) is 0 Å². The molecule has 0 unspecified atom stereocenters. The Morgan fingerprint density at radius 2 is 1.90 bits per heavy atom. The second-order valence-electron chi connectivity index (χ2n) is 6.25. The Kier molecular flexibility index (Phi) is 3.08. The summed E-state index contributed by atoms with van der Waals surface area (Å²) in [6.07, 6.45) is 1.82. The second kappa shape index (κ2) is 4.96. The third-order valence-electron chi connectivity index (χ3n) is 4.71. The molecule has 0 aromatic carbocycles. The van der Waals surface area contributed by atoms with Gasteiger partial charge in [0.05, 0.1) is 6.20 Å². The lowest BCUT2D eigenvalue weighted by molar-refractivity contribution is 0.0959. The van der Waals surface area contributed by atoms with Crippen LogP contribution in [0.2, 0.25) is 0 Å². The van der Waals surface area contributed by atoms with E-state index in [0.29, 0.717) is 6.04 Å². The molecule has 0 spiro atoms. The number of aryl methyl sites for hydroxylation is 1. The van der Waals surface area contributed by atoms with Gasteiger partial charge in [-0.2, -0.15) is 9.61 Å². The van der Waals surface area contributed by atoms with E-state index in [0.717, 1.165) is 24.4 Å². The number of hydrogen-bond acceptors (Lipinski definition) is 5. The summed E-state index contributed by atoms with van der Waals surface area (Å²) in [6.45, 7) is 9.02. The first kappa shape index (κ1) is 13.0. The standard InChI is InChI=1S/C15H22N6/c1-12-9-15(21-14(17-12)3-4-16-21)20-10-13(11-20)19-7-5-18(2)6-8-19/h3-4,9,13H,5-8,10-11H2,1-2H3. The summed E-state index contributed by atoms with van der Waals surface area (Å²) in [6, 6.07) is 4.80. The average molecular weight is 286 g/mol. The van der Waals surface area contributed by atoms with Crippen molar-refractivity contribution in [3.8, 4) is 0 Å². The third-order valence-corrected chi connectivity index (χ3v) is 4.71. The van der Waals surface area contributed by atoms with Crippen molar-refractivity contribution < 1.29 is 0 Å². The normalized spacial score (nSPS) is 21.9. The summed E-state index contributed by atoms with van der Waals surface area (Å²) in [5.41, 5.74) is 1.99. The quantitative estimate of drug-likeness (QED) is 0.803. The first-order chi connectivity index (χ1) is 10.2. The van der Waals surface area contributed by atoms with Crippen LogP contribution >= 0.6 is 0 Å². The van der Waals surface area contributed by atoms with E-state index >= 15 is 0 Å². The van der Waals surface area contributed by atoms with Gasteiger partial charge in [-0.05, 0) is 14.0 Å². The molecular formula is C15H22N6. The SMILES string of the molecule is Cc1cc(N2CC(N3CCN(C)CC3)C2)n2nccc2n1. The van der Waals surface area contributed by atoms with Gasteiger partial charge in [-0.3, -0.25) is 4.90 Å². The van der Waals surface area contributed by atoms with Crippen molar-refractivity contribution >= 4 is 11.5 Å². The molecule has 0 aliphatic carbocycles. The summed E-state index contributed by atoms with van der Waals surface area (Å²) >= 11 is 0. The van der Waals surface area contributed by atoms with E-state index in [4.69, 9.17) is 0 Å². The smallest absolute Gasteiger partial charge is 0.157 e. The van der Waals surface area contributed by atoms with Crippen LogP contribution in [0.25, 0.3) is 5.65 Å². The van der Waals surface area contributed by atoms with E-state index in [9.17, 15) is 0 Å². The van der Waals surface area contributed by atoms with Crippen molar-refractivity contribution in [1.82, 2.24) is 24.4 Å². The minimum absolute atomic E-state index is 0.692. The highest BCUT2D eigenvalue weighted by Gasteiger charge is 2.34. The maximum Gasteiger partial charge on any atom is 0.157 e. The van der Waals surface area contributed by atoms with Crippen molar-refractivity contribution in [2.24, 2.45) is 0 Å². The van der Waals surface area contributed by atoms with Gasteiger partial charge in [0.15, 0.2) is 5.65 Å². The molecule has 0 bridgehead atoms. The van der Waals surface area contributed by atoms with E-state index < -0.39 is 0 Å². The highest BCUT2D eigenvalue weighted by atomic mass is 15.4. The lowest BCUT2D eigenvalue weighted by Gasteiger charge is -2.48. The van der Waals surface area contributed by atoms with Crippen molar-refractivity contribution in [2.45, 2.75) is 13.0 Å². The Labute approximate surface area is 125 Å². The van der Waals surface area contributed by atoms with Gasteiger partial charge in [0, 0.05) is 63.1 Å². The van der Waals surface area contributed by atoms with Crippen LogP contribution in [0.4, 0.5) is 5.82 Å². The summed E-state index contributed by atoms with van der Waals surface area (Å²) < 4.78 is 1.95. The number of nitrogens with zero attached hydrogens (tertiary/aromatic N) is 6. The molecule has 2 aliphatic heterocycles. The predicted molar refractivity (Wildman–Crippen MR) is 82.8 cm³/mol. The van der Waals surface area contributed by atoms with Crippen LogP contribution in [0.1, 0.15) is 5.69 Å². The van der Waals surface area contributed by atoms with Crippen LogP contribution in [0.5, 0.6) is 0 Å². The molecule has 112 valence electrons. The van der Waals surface area contributed by atoms with Crippen molar-refractivity contribution in [2.75, 3.05) is 51.2 Å². The molecule has 0 atom stereocenters. The molecule has 6 heteroatoms. The maximum atomic E-state index is 4.51. The van der Waals surface area contributed by atoms with Crippen LogP contribution in [0.15, 0.2) is 18.3 Å². The Balaban J connectivity index is 1.48. The van der Waals surface area contributed by atoms with Gasteiger partial charge < -0.3 is 9.80 Å². The molecule has 21 heavy (non-hydrogen) atoms. The molecule has 4 heterocycles. The van der Waals surface area contributed by atoms with Crippen LogP contribution in [-0.4, -0.2) is 76.8 Å². The fourth-order valence-electron chi connectivity index (χ4n) is 3.30. The average Bonchev–Trinajstić information content (AvgIpc) is 2.87. The van der Waals surface area contributed by atoms with Crippen molar-refractivity contribution in [3.05, 3.63) is 24.0 Å². The largest absolute Gasteiger partial charge is 0.353 e. The predicted octanol–water partition coefficient (Wildman–Crippen LogP) is 0.474. The Bertz CT molecular complexity index is 637. The molecule has 0 radical (unpaired) electrons. The molecule has 2 saturated heterocycles. The molecule has 2 aromatic rings. The Morgan fingerprint density at radius 3 is 2.67 bits per heavy atom. The van der Waals surface area contributed by atoms with Gasteiger partial charge in [-0.15, -0.1) is 0 Å². The minimum Gasteiger partial charge on any atom is -0.353 e. The lowest BCUT2D eigenvalue weighted by Crippen LogP contribution is -2.63. The molecule has 2 aromatic heterocycles. The molecule has 4 rings (SSSR count). The zero-order chi connectivity index (χ0) is 14.4. The Morgan fingerprint density at radius 1 is 1.14 bits per heavy atom. The Hall–Kier alpha value is -1.66. The summed E-state index contributed by atoms with van der Waals surface area (Å²) in [4.78, 5) is 12.0. The maximum absolute atomic E-state index is 4.51. The number of aromatic nitrogens is 3. The lowest BCUT2D eigenvalue weighted by atomic mass is 10.1. The monoisotopic (exact) mass is 286 g/mol. The molecular weight excluding hydrogens is 264 g/mol. The number of piperazine rings is 1. The fourth-order valence-corrected chi connectivity index (χ4v) is 3.30. The fraction of sp³-hybridized carbons (Fsp3) is 0.600. The zero-order valence-corrected chi connectivity index (χ0v) is 12.7. The number of hydrogen-bond donors (Lipinski definition) is 0. The molecule has 0 N–H and O–H groups in total. The van der Waals surface area contributed by atoms with E-state index in [2.05, 4.69) is 37.9 Å². The van der Waals surface area contributed by atoms with Gasteiger partial charge in [-0.1, -0.05) is 0 Å². The highest BCUT2D eigenvalue weighted by Crippen LogP contribution is 2.25. The minimum atomic E-state index is 0.692. The molecule has 0 saturated carbocycles. The van der Waals surface area contributed by atoms with Crippen LogP contribution in [-0.2, 0) is 0 Å². The summed E-state index contributed by atoms with van der Waals surface area (Å²) in [5, 5.41) is 4.40. The van der Waals surface area contributed by atoms with E-state index in [-0.39, 0.29) is 0 Å². The van der Waals surface area contributed by atoms with E-state index in [1.165, 1.54) is 32.0 Å². The van der Waals surface area contributed by atoms with Crippen LogP contribution in [0, 0.1) is 6.92 Å². The number of likely N-dealkylation sites (N-methyl/N-ethyl adjacent to an activating group) is 1. The van der Waals surface area contributed by atoms with Crippen LogP contribution in [0.3, 0.4) is 0 Å². The number of anilines is 1. The van der Waals surface area contributed by atoms with Gasteiger partial charge in [0.2, 0.25) is 0 Å². The number of fused-ring (bicyclic) bond motifs is 1. The first-order valence-corrected chi connectivity index (χ1v) is 7.69. The molecule has 2 fully saturated rings. The second-order valence-corrected chi connectivity index (χ2v) is 6.25. The molecule has 0 amide bonds. The highest BCUT2D eigenvalue weighted by molar-refractivity contribution is 5.52. The van der Waals surface area contributed by atoms with Gasteiger partial charge >= 0.3 is 0 Å². The summed E-state index contributed by atoms with van der Waals surface area (Å²) in [5.74, 6) is 1.17. The van der Waals surface area contributed by atoms with Gasteiger partial charge in [0.25, 0.3) is 0 Å². The number of rotatable bonds is 2. The zero-order valence-electron chi connectivity index (χ0n) is 12.7. The van der Waals surface area contributed by atoms with Crippen molar-refractivity contribution in [1.29, 1.82) is 0 Å². The molecule has 2 aliphatic rings. The van der Waals surface area contributed by atoms with Crippen molar-refractivity contribution in [3.63, 3.8) is 0 Å². The summed E-state index contributed by atoms with van der Waals surface area (Å²) in [7, 11) is 2.21. The van der Waals surface area contributed by atoms with E-state index in [1.807, 2.05) is 23.7 Å². The molecule has 6 nitrogen and oxygen atoms in total. The first-order valence-electron chi connectivity index (χ1n) is 7.69. The topological polar surface area (TPSA) is 39.9 Å². The van der Waals surface area contributed by atoms with Gasteiger partial charge in [-0.25, -0.2) is 4.98 Å². The van der Waals surface area contributed by atoms with Gasteiger partial charge in [0.1, 0.15) is 5.82 Å². The third kappa shape index (κ3) is 2.28.